The minimum Gasteiger partial charge on any atom is -0.480 e. The van der Waals surface area contributed by atoms with Gasteiger partial charge in [-0.05, 0) is 48.4 Å². The number of thiophene rings is 1. The first-order valence-corrected chi connectivity index (χ1v) is 8.28. The van der Waals surface area contributed by atoms with E-state index >= 15 is 0 Å². The molecule has 2 N–H and O–H groups in total. The smallest absolute Gasteiger partial charge is 0.329 e. The number of carbonyl (C=O) groups excluding carboxylic acids is 1. The Hall–Kier alpha value is -1.01. The van der Waals surface area contributed by atoms with Crippen LogP contribution in [0.15, 0.2) is 11.4 Å². The zero-order valence-electron chi connectivity index (χ0n) is 10.3. The molecule has 1 unspecified atom stereocenters. The Morgan fingerprint density at radius 1 is 1.42 bits per heavy atom. The van der Waals surface area contributed by atoms with E-state index in [1.54, 1.807) is 23.1 Å². The van der Waals surface area contributed by atoms with Crippen molar-refractivity contribution < 1.29 is 14.7 Å². The molecule has 19 heavy (non-hydrogen) atoms. The molecule has 2 heterocycles. The highest BCUT2D eigenvalue weighted by atomic mass is 32.2. The van der Waals surface area contributed by atoms with Crippen molar-refractivity contribution in [3.05, 3.63) is 21.9 Å². The van der Waals surface area contributed by atoms with Gasteiger partial charge < -0.3 is 10.4 Å². The highest BCUT2D eigenvalue weighted by molar-refractivity contribution is 8.00. The summed E-state index contributed by atoms with van der Waals surface area (Å²) in [5.74, 6) is -0.129. The Balaban J connectivity index is 1.77. The van der Waals surface area contributed by atoms with Gasteiger partial charge in [-0.3, -0.25) is 4.79 Å². The lowest BCUT2D eigenvalue weighted by molar-refractivity contribution is -0.151. The summed E-state index contributed by atoms with van der Waals surface area (Å²) in [5.41, 5.74) is 0.0595. The molecule has 1 atom stereocenters. The summed E-state index contributed by atoms with van der Waals surface area (Å²) >= 11 is 3.29. The molecule has 0 bridgehead atoms. The third kappa shape index (κ3) is 2.17. The van der Waals surface area contributed by atoms with Crippen molar-refractivity contribution in [1.82, 2.24) is 5.32 Å². The first-order valence-electron chi connectivity index (χ1n) is 6.36. The molecular formula is C13H15NO3S2. The number of hydrogen-bond donors (Lipinski definition) is 2. The number of aliphatic carboxylic acids is 1. The van der Waals surface area contributed by atoms with Crippen LogP contribution in [0.1, 0.15) is 35.0 Å². The fourth-order valence-electron chi connectivity index (χ4n) is 2.59. The lowest BCUT2D eigenvalue weighted by atomic mass is 9.76. The van der Waals surface area contributed by atoms with Gasteiger partial charge in [0.15, 0.2) is 0 Å². The van der Waals surface area contributed by atoms with E-state index < -0.39 is 11.5 Å². The van der Waals surface area contributed by atoms with Gasteiger partial charge in [0.05, 0.1) is 0 Å². The summed E-state index contributed by atoms with van der Waals surface area (Å²) < 4.78 is 0. The molecule has 2 aliphatic rings. The van der Waals surface area contributed by atoms with E-state index in [1.165, 1.54) is 4.88 Å². The van der Waals surface area contributed by atoms with E-state index in [0.717, 1.165) is 24.2 Å². The van der Waals surface area contributed by atoms with Crippen molar-refractivity contribution in [1.29, 1.82) is 0 Å². The number of rotatable bonds is 3. The Bertz CT molecular complexity index is 522. The molecule has 0 spiro atoms. The molecule has 0 aromatic carbocycles. The second-order valence-corrected chi connectivity index (χ2v) is 7.24. The van der Waals surface area contributed by atoms with Gasteiger partial charge in [0, 0.05) is 4.88 Å². The fourth-order valence-corrected chi connectivity index (χ4v) is 4.88. The lowest BCUT2D eigenvalue weighted by Gasteiger charge is -2.39. The summed E-state index contributed by atoms with van der Waals surface area (Å²) in [4.78, 5) is 24.9. The third-order valence-electron chi connectivity index (χ3n) is 3.89. The Morgan fingerprint density at radius 2 is 2.21 bits per heavy atom. The monoisotopic (exact) mass is 297 g/mol. The SMILES string of the molecule is O=C(NC1(C(=O)O)CCC1)C1SCCc2sccc21. The Labute approximate surface area is 119 Å². The maximum atomic E-state index is 12.4. The van der Waals surface area contributed by atoms with Crippen LogP contribution in [0.3, 0.4) is 0 Å². The summed E-state index contributed by atoms with van der Waals surface area (Å²) in [6.45, 7) is 0. The number of nitrogens with one attached hydrogen (secondary N) is 1. The van der Waals surface area contributed by atoms with E-state index in [-0.39, 0.29) is 11.2 Å². The molecule has 1 aromatic heterocycles. The molecule has 102 valence electrons. The summed E-state index contributed by atoms with van der Waals surface area (Å²) in [6.07, 6.45) is 2.96. The van der Waals surface area contributed by atoms with Gasteiger partial charge in [-0.2, -0.15) is 0 Å². The van der Waals surface area contributed by atoms with Gasteiger partial charge in [-0.25, -0.2) is 4.79 Å². The number of thioether (sulfide) groups is 1. The molecule has 1 fully saturated rings. The van der Waals surface area contributed by atoms with Crippen molar-refractivity contribution >= 4 is 35.0 Å². The third-order valence-corrected chi connectivity index (χ3v) is 6.13. The summed E-state index contributed by atoms with van der Waals surface area (Å²) in [5, 5.41) is 13.8. The highest BCUT2D eigenvalue weighted by Crippen LogP contribution is 2.41. The van der Waals surface area contributed by atoms with Crippen LogP contribution >= 0.6 is 23.1 Å². The van der Waals surface area contributed by atoms with E-state index in [1.807, 2.05) is 11.4 Å². The van der Waals surface area contributed by atoms with Crippen LogP contribution in [-0.4, -0.2) is 28.3 Å². The molecule has 4 nitrogen and oxygen atoms in total. The normalized spacial score (nSPS) is 24.1. The van der Waals surface area contributed by atoms with Crippen LogP contribution in [0.5, 0.6) is 0 Å². The maximum absolute atomic E-state index is 12.4. The van der Waals surface area contributed by atoms with Gasteiger partial charge >= 0.3 is 5.97 Å². The molecular weight excluding hydrogens is 282 g/mol. The predicted molar refractivity (Wildman–Crippen MR) is 75.6 cm³/mol. The van der Waals surface area contributed by atoms with Crippen molar-refractivity contribution in [2.24, 2.45) is 0 Å². The number of carboxylic acids is 1. The van der Waals surface area contributed by atoms with Crippen LogP contribution in [0.2, 0.25) is 0 Å². The second kappa shape index (κ2) is 4.83. The maximum Gasteiger partial charge on any atom is 0.329 e. The number of hydrogen-bond acceptors (Lipinski definition) is 4. The molecule has 1 aliphatic heterocycles. The number of carboxylic acid groups (broad SMARTS) is 1. The van der Waals surface area contributed by atoms with E-state index in [0.29, 0.717) is 12.8 Å². The first-order chi connectivity index (χ1) is 9.12. The Kier molecular flexibility index (Phi) is 3.30. The Morgan fingerprint density at radius 3 is 2.84 bits per heavy atom. The first kappa shape index (κ1) is 13.0. The molecule has 1 aromatic rings. The van der Waals surface area contributed by atoms with E-state index in [2.05, 4.69) is 5.32 Å². The van der Waals surface area contributed by atoms with Gasteiger partial charge in [0.2, 0.25) is 5.91 Å². The average Bonchev–Trinajstić information content (AvgIpc) is 2.80. The van der Waals surface area contributed by atoms with Crippen LogP contribution in [0, 0.1) is 0 Å². The van der Waals surface area contributed by atoms with Crippen molar-refractivity contribution in [2.45, 2.75) is 36.5 Å². The molecule has 1 aliphatic carbocycles. The summed E-state index contributed by atoms with van der Waals surface area (Å²) in [6, 6.07) is 1.99. The van der Waals surface area contributed by atoms with Gasteiger partial charge in [-0.1, -0.05) is 0 Å². The predicted octanol–water partition coefficient (Wildman–Crippen LogP) is 2.20. The zero-order chi connectivity index (χ0) is 13.5. The van der Waals surface area contributed by atoms with Crippen LogP contribution < -0.4 is 5.32 Å². The van der Waals surface area contributed by atoms with E-state index in [4.69, 9.17) is 0 Å². The van der Waals surface area contributed by atoms with Crippen LogP contribution in [0.25, 0.3) is 0 Å². The van der Waals surface area contributed by atoms with Gasteiger partial charge in [-0.15, -0.1) is 23.1 Å². The van der Waals surface area contributed by atoms with Crippen molar-refractivity contribution in [2.75, 3.05) is 5.75 Å². The molecule has 1 amide bonds. The lowest BCUT2D eigenvalue weighted by Crippen LogP contribution is -2.59. The minimum absolute atomic E-state index is 0.147. The van der Waals surface area contributed by atoms with Crippen molar-refractivity contribution in [3.63, 3.8) is 0 Å². The minimum atomic E-state index is -1.01. The fraction of sp³-hybridized carbons (Fsp3) is 0.538. The second-order valence-electron chi connectivity index (χ2n) is 5.03. The average molecular weight is 297 g/mol. The largest absolute Gasteiger partial charge is 0.480 e. The van der Waals surface area contributed by atoms with Gasteiger partial charge in [0.1, 0.15) is 10.8 Å². The van der Waals surface area contributed by atoms with Crippen LogP contribution in [-0.2, 0) is 16.0 Å². The highest BCUT2D eigenvalue weighted by Gasteiger charge is 2.47. The standard InChI is InChI=1S/C13H15NO3S2/c15-11(14-13(12(16)17)4-1-5-13)10-8-2-6-18-9(8)3-7-19-10/h2,6,10H,1,3-5,7H2,(H,14,15)(H,16,17). The quantitative estimate of drug-likeness (QED) is 0.897. The molecule has 0 radical (unpaired) electrons. The van der Waals surface area contributed by atoms with E-state index in [9.17, 15) is 14.7 Å². The number of carbonyl (C=O) groups is 2. The molecule has 3 rings (SSSR count). The zero-order valence-corrected chi connectivity index (χ0v) is 12.0. The van der Waals surface area contributed by atoms with Gasteiger partial charge in [0.25, 0.3) is 0 Å². The van der Waals surface area contributed by atoms with Crippen LogP contribution in [0.4, 0.5) is 0 Å². The summed E-state index contributed by atoms with van der Waals surface area (Å²) in [7, 11) is 0. The number of fused-ring (bicyclic) bond motifs is 1. The van der Waals surface area contributed by atoms with Crippen molar-refractivity contribution in [3.8, 4) is 0 Å². The number of amides is 1. The molecule has 0 saturated heterocycles. The molecule has 1 saturated carbocycles. The molecule has 6 heteroatoms. The number of aryl methyl sites for hydroxylation is 1. The topological polar surface area (TPSA) is 66.4 Å².